The van der Waals surface area contributed by atoms with Crippen LogP contribution in [-0.2, 0) is 9.53 Å². The van der Waals surface area contributed by atoms with Gasteiger partial charge >= 0.3 is 0 Å². The summed E-state index contributed by atoms with van der Waals surface area (Å²) in [5.41, 5.74) is 1.28. The van der Waals surface area contributed by atoms with Crippen molar-refractivity contribution in [3.63, 3.8) is 0 Å². The molecule has 0 radical (unpaired) electrons. The van der Waals surface area contributed by atoms with Gasteiger partial charge in [-0.25, -0.2) is 0 Å². The fourth-order valence-corrected chi connectivity index (χ4v) is 2.14. The number of benzene rings is 1. The maximum Gasteiger partial charge on any atom is 0.231 e. The molecule has 1 aliphatic rings. The Hall–Kier alpha value is -1.90. The maximum absolute atomic E-state index is 12.2. The van der Waals surface area contributed by atoms with E-state index >= 15 is 0 Å². The third-order valence-electron chi connectivity index (χ3n) is 3.17. The summed E-state index contributed by atoms with van der Waals surface area (Å²) in [6.07, 6.45) is 0. The highest BCUT2D eigenvalue weighted by molar-refractivity contribution is 5.93. The van der Waals surface area contributed by atoms with Crippen molar-refractivity contribution in [2.45, 2.75) is 13.0 Å². The molecule has 0 aromatic heterocycles. The molecule has 0 bridgehead atoms. The van der Waals surface area contributed by atoms with E-state index < -0.39 is 0 Å². The van der Waals surface area contributed by atoms with Crippen LogP contribution in [0.2, 0.25) is 0 Å². The maximum atomic E-state index is 12.2. The largest absolute Gasteiger partial charge is 0.379 e. The van der Waals surface area contributed by atoms with E-state index in [9.17, 15) is 4.79 Å². The van der Waals surface area contributed by atoms with Crippen LogP contribution in [0.1, 0.15) is 12.5 Å². The van der Waals surface area contributed by atoms with Gasteiger partial charge in [-0.2, -0.15) is 5.26 Å². The molecule has 5 heteroatoms. The minimum atomic E-state index is -0.171. The summed E-state index contributed by atoms with van der Waals surface area (Å²) in [5.74, 6) is -0.219. The average molecular weight is 259 g/mol. The Morgan fingerprint density at radius 2 is 2.16 bits per heavy atom. The minimum absolute atomic E-state index is 0.0480. The molecular formula is C14H17N3O2. The second-order valence-corrected chi connectivity index (χ2v) is 4.49. The first-order chi connectivity index (χ1) is 9.24. The first-order valence-corrected chi connectivity index (χ1v) is 6.36. The number of ether oxygens (including phenoxy) is 1. The van der Waals surface area contributed by atoms with Crippen molar-refractivity contribution in [1.29, 1.82) is 5.26 Å². The van der Waals surface area contributed by atoms with Crippen LogP contribution in [0.4, 0.5) is 5.69 Å². The molecule has 5 nitrogen and oxygen atoms in total. The Morgan fingerprint density at radius 1 is 1.42 bits per heavy atom. The summed E-state index contributed by atoms with van der Waals surface area (Å²) in [6, 6.07) is 8.94. The van der Waals surface area contributed by atoms with E-state index in [1.54, 1.807) is 24.3 Å². The first kappa shape index (κ1) is 13.5. The van der Waals surface area contributed by atoms with E-state index in [2.05, 4.69) is 10.6 Å². The third-order valence-corrected chi connectivity index (χ3v) is 3.17. The summed E-state index contributed by atoms with van der Waals surface area (Å²) in [6.45, 7) is 3.83. The van der Waals surface area contributed by atoms with E-state index in [1.807, 2.05) is 13.0 Å². The smallest absolute Gasteiger partial charge is 0.231 e. The number of carbonyl (C=O) groups excluding carboxylic acids is 1. The van der Waals surface area contributed by atoms with Crippen LogP contribution in [0.3, 0.4) is 0 Å². The zero-order chi connectivity index (χ0) is 13.7. The van der Waals surface area contributed by atoms with Crippen molar-refractivity contribution < 1.29 is 9.53 Å². The van der Waals surface area contributed by atoms with Crippen molar-refractivity contribution in [3.05, 3.63) is 29.8 Å². The first-order valence-electron chi connectivity index (χ1n) is 6.36. The molecule has 1 heterocycles. The molecule has 1 aliphatic heterocycles. The molecule has 2 N–H and O–H groups in total. The zero-order valence-corrected chi connectivity index (χ0v) is 10.8. The molecule has 2 unspecified atom stereocenters. The number of amides is 1. The second kappa shape index (κ2) is 6.32. The fraction of sp³-hybridized carbons (Fsp3) is 0.429. The van der Waals surface area contributed by atoms with Gasteiger partial charge in [-0.3, -0.25) is 4.79 Å². The topological polar surface area (TPSA) is 74.2 Å². The van der Waals surface area contributed by atoms with Gasteiger partial charge in [-0.15, -0.1) is 0 Å². The highest BCUT2D eigenvalue weighted by Gasteiger charge is 2.33. The van der Waals surface area contributed by atoms with Crippen molar-refractivity contribution in [2.75, 3.05) is 25.1 Å². The minimum Gasteiger partial charge on any atom is -0.379 e. The van der Waals surface area contributed by atoms with E-state index in [0.29, 0.717) is 24.5 Å². The standard InChI is InChI=1S/C14H17N3O2/c1-2-16-13-9-19-8-12(13)14(18)17-11-5-3-10(7-15)4-6-11/h3-6,12-13,16H,2,8-9H2,1H3,(H,17,18). The number of carbonyl (C=O) groups is 1. The Kier molecular flexibility index (Phi) is 4.50. The molecule has 19 heavy (non-hydrogen) atoms. The second-order valence-electron chi connectivity index (χ2n) is 4.49. The number of nitriles is 1. The van der Waals surface area contributed by atoms with E-state index in [0.717, 1.165) is 6.54 Å². The Morgan fingerprint density at radius 3 is 2.79 bits per heavy atom. The SMILES string of the molecule is CCNC1COCC1C(=O)Nc1ccc(C#N)cc1. The van der Waals surface area contributed by atoms with Crippen LogP contribution in [0.25, 0.3) is 0 Å². The molecular weight excluding hydrogens is 242 g/mol. The van der Waals surface area contributed by atoms with Crippen molar-refractivity contribution in [3.8, 4) is 6.07 Å². The number of hydrogen-bond acceptors (Lipinski definition) is 4. The lowest BCUT2D eigenvalue weighted by atomic mass is 10.0. The van der Waals surface area contributed by atoms with Crippen LogP contribution in [0, 0.1) is 17.2 Å². The lowest BCUT2D eigenvalue weighted by Gasteiger charge is -2.17. The molecule has 1 amide bonds. The van der Waals surface area contributed by atoms with E-state index in [1.165, 1.54) is 0 Å². The van der Waals surface area contributed by atoms with Gasteiger partial charge in [0, 0.05) is 11.7 Å². The summed E-state index contributed by atoms with van der Waals surface area (Å²) in [5, 5.41) is 14.8. The number of nitrogens with zero attached hydrogens (tertiary/aromatic N) is 1. The van der Waals surface area contributed by atoms with Crippen LogP contribution in [0.15, 0.2) is 24.3 Å². The van der Waals surface area contributed by atoms with E-state index in [4.69, 9.17) is 10.00 Å². The highest BCUT2D eigenvalue weighted by Crippen LogP contribution is 2.17. The summed E-state index contributed by atoms with van der Waals surface area (Å²) in [4.78, 5) is 12.2. The zero-order valence-electron chi connectivity index (χ0n) is 10.8. The predicted octanol–water partition coefficient (Wildman–Crippen LogP) is 1.12. The van der Waals surface area contributed by atoms with Crippen molar-refractivity contribution in [1.82, 2.24) is 5.32 Å². The molecule has 1 aromatic rings. The Balaban J connectivity index is 1.98. The number of nitrogens with one attached hydrogen (secondary N) is 2. The molecule has 1 aromatic carbocycles. The molecule has 100 valence electrons. The van der Waals surface area contributed by atoms with E-state index in [-0.39, 0.29) is 17.9 Å². The van der Waals surface area contributed by atoms with Gasteiger partial charge < -0.3 is 15.4 Å². The molecule has 1 saturated heterocycles. The lowest BCUT2D eigenvalue weighted by Crippen LogP contribution is -2.41. The highest BCUT2D eigenvalue weighted by atomic mass is 16.5. The van der Waals surface area contributed by atoms with Gasteiger partial charge in [-0.05, 0) is 30.8 Å². The molecule has 0 spiro atoms. The Labute approximate surface area is 112 Å². The molecule has 2 atom stereocenters. The molecule has 2 rings (SSSR count). The quantitative estimate of drug-likeness (QED) is 0.849. The van der Waals surface area contributed by atoms with Gasteiger partial charge in [0.05, 0.1) is 30.8 Å². The number of anilines is 1. The van der Waals surface area contributed by atoms with Gasteiger partial charge in [-0.1, -0.05) is 6.92 Å². The van der Waals surface area contributed by atoms with Crippen molar-refractivity contribution >= 4 is 11.6 Å². The third kappa shape index (κ3) is 3.31. The van der Waals surface area contributed by atoms with Gasteiger partial charge in [0.25, 0.3) is 0 Å². The van der Waals surface area contributed by atoms with Crippen LogP contribution in [0.5, 0.6) is 0 Å². The number of likely N-dealkylation sites (N-methyl/N-ethyl adjacent to an activating group) is 1. The summed E-state index contributed by atoms with van der Waals surface area (Å²) < 4.78 is 5.35. The molecule has 0 saturated carbocycles. The van der Waals surface area contributed by atoms with Crippen LogP contribution in [-0.4, -0.2) is 31.7 Å². The lowest BCUT2D eigenvalue weighted by molar-refractivity contribution is -0.120. The molecule has 0 aliphatic carbocycles. The summed E-state index contributed by atoms with van der Waals surface area (Å²) >= 11 is 0. The average Bonchev–Trinajstić information content (AvgIpc) is 2.88. The van der Waals surface area contributed by atoms with Crippen LogP contribution < -0.4 is 10.6 Å². The normalized spacial score (nSPS) is 21.9. The number of hydrogen-bond donors (Lipinski definition) is 2. The monoisotopic (exact) mass is 259 g/mol. The van der Waals surface area contributed by atoms with Gasteiger partial charge in [0.15, 0.2) is 0 Å². The van der Waals surface area contributed by atoms with Gasteiger partial charge in [0.1, 0.15) is 0 Å². The predicted molar refractivity (Wildman–Crippen MR) is 71.6 cm³/mol. The van der Waals surface area contributed by atoms with Gasteiger partial charge in [0.2, 0.25) is 5.91 Å². The Bertz CT molecular complexity index is 478. The summed E-state index contributed by atoms with van der Waals surface area (Å²) in [7, 11) is 0. The van der Waals surface area contributed by atoms with Crippen molar-refractivity contribution in [2.24, 2.45) is 5.92 Å². The molecule has 1 fully saturated rings. The number of rotatable bonds is 4. The fourth-order valence-electron chi connectivity index (χ4n) is 2.14. The van der Waals surface area contributed by atoms with Crippen LogP contribution >= 0.6 is 0 Å².